The van der Waals surface area contributed by atoms with Gasteiger partial charge in [0.05, 0.1) is 17.6 Å². The van der Waals surface area contributed by atoms with Crippen LogP contribution in [0.25, 0.3) is 0 Å². The zero-order valence-corrected chi connectivity index (χ0v) is 12.4. The number of benzene rings is 1. The molecule has 2 rings (SSSR count). The Kier molecular flexibility index (Phi) is 5.76. The van der Waals surface area contributed by atoms with Gasteiger partial charge in [0.15, 0.2) is 0 Å². The molecule has 1 aromatic rings. The molecule has 1 unspecified atom stereocenters. The lowest BCUT2D eigenvalue weighted by Gasteiger charge is -2.31. The highest BCUT2D eigenvalue weighted by Crippen LogP contribution is 2.18. The Bertz CT molecular complexity index is 504. The van der Waals surface area contributed by atoms with Gasteiger partial charge < -0.3 is 10.5 Å². The summed E-state index contributed by atoms with van der Waals surface area (Å²) in [5.74, 6) is 0. The van der Waals surface area contributed by atoms with Crippen LogP contribution >= 0.6 is 12.4 Å². The first-order valence-electron chi connectivity index (χ1n) is 5.92. The molecule has 108 valence electrons. The highest BCUT2D eigenvalue weighted by molar-refractivity contribution is 7.89. The van der Waals surface area contributed by atoms with E-state index in [1.165, 1.54) is 4.31 Å². The minimum Gasteiger partial charge on any atom is -0.374 e. The molecule has 0 spiro atoms. The molecular weight excluding hydrogens is 288 g/mol. The molecule has 1 heterocycles. The number of sulfonamides is 1. The van der Waals surface area contributed by atoms with E-state index in [2.05, 4.69) is 0 Å². The Morgan fingerprint density at radius 2 is 2.00 bits per heavy atom. The molecule has 0 aliphatic carbocycles. The number of hydrogen-bond acceptors (Lipinski definition) is 4. The maximum absolute atomic E-state index is 12.4. The van der Waals surface area contributed by atoms with Crippen LogP contribution < -0.4 is 5.73 Å². The van der Waals surface area contributed by atoms with Crippen LogP contribution in [0, 0.1) is 6.92 Å². The number of aryl methyl sites for hydroxylation is 1. The summed E-state index contributed by atoms with van der Waals surface area (Å²) in [6.07, 6.45) is -0.209. The lowest BCUT2D eigenvalue weighted by Crippen LogP contribution is -2.48. The Labute approximate surface area is 120 Å². The summed E-state index contributed by atoms with van der Waals surface area (Å²) < 4.78 is 31.6. The summed E-state index contributed by atoms with van der Waals surface area (Å²) in [4.78, 5) is 0.325. The van der Waals surface area contributed by atoms with Gasteiger partial charge in [-0.2, -0.15) is 4.31 Å². The van der Waals surface area contributed by atoms with Gasteiger partial charge in [-0.1, -0.05) is 17.7 Å². The molecule has 7 heteroatoms. The van der Waals surface area contributed by atoms with E-state index in [0.29, 0.717) is 31.1 Å². The molecule has 1 aliphatic rings. The number of ether oxygens (including phenoxy) is 1. The lowest BCUT2D eigenvalue weighted by molar-refractivity contribution is 0.00450. The molecule has 1 aliphatic heterocycles. The van der Waals surface area contributed by atoms with Crippen molar-refractivity contribution < 1.29 is 13.2 Å². The molecule has 1 saturated heterocycles. The van der Waals surface area contributed by atoms with Crippen molar-refractivity contribution in [2.24, 2.45) is 5.73 Å². The van der Waals surface area contributed by atoms with Crippen LogP contribution in [0.4, 0.5) is 0 Å². The third kappa shape index (κ3) is 3.67. The summed E-state index contributed by atoms with van der Waals surface area (Å²) in [6.45, 7) is 3.36. The monoisotopic (exact) mass is 306 g/mol. The fourth-order valence-corrected chi connectivity index (χ4v) is 3.37. The van der Waals surface area contributed by atoms with Crippen LogP contribution in [0.1, 0.15) is 5.56 Å². The Balaban J connectivity index is 0.00000180. The first kappa shape index (κ1) is 16.4. The van der Waals surface area contributed by atoms with Crippen LogP contribution in [-0.2, 0) is 14.8 Å². The first-order valence-corrected chi connectivity index (χ1v) is 7.36. The van der Waals surface area contributed by atoms with Gasteiger partial charge in [-0.05, 0) is 19.1 Å². The van der Waals surface area contributed by atoms with Crippen LogP contribution in [0.2, 0.25) is 0 Å². The van der Waals surface area contributed by atoms with Crippen molar-refractivity contribution in [3.63, 3.8) is 0 Å². The van der Waals surface area contributed by atoms with Crippen LogP contribution in [0.5, 0.6) is 0 Å². The van der Waals surface area contributed by atoms with Gasteiger partial charge in [0.2, 0.25) is 10.0 Å². The predicted octanol–water partition coefficient (Wildman–Crippen LogP) is 0.765. The second-order valence-electron chi connectivity index (χ2n) is 4.40. The number of nitrogens with zero attached hydrogens (tertiary/aromatic N) is 1. The molecule has 2 N–H and O–H groups in total. The quantitative estimate of drug-likeness (QED) is 0.895. The lowest BCUT2D eigenvalue weighted by atomic mass is 10.2. The third-order valence-electron chi connectivity index (χ3n) is 3.02. The van der Waals surface area contributed by atoms with E-state index in [0.717, 1.165) is 5.56 Å². The Hall–Kier alpha value is -0.660. The van der Waals surface area contributed by atoms with Gasteiger partial charge in [0.25, 0.3) is 0 Å². The van der Waals surface area contributed by atoms with Gasteiger partial charge >= 0.3 is 0 Å². The van der Waals surface area contributed by atoms with Gasteiger partial charge in [-0.25, -0.2) is 8.42 Å². The second-order valence-corrected chi connectivity index (χ2v) is 6.34. The third-order valence-corrected chi connectivity index (χ3v) is 4.90. The zero-order chi connectivity index (χ0) is 13.2. The first-order chi connectivity index (χ1) is 8.54. The second kappa shape index (κ2) is 6.67. The molecule has 0 saturated carbocycles. The molecule has 0 aromatic heterocycles. The predicted molar refractivity (Wildman–Crippen MR) is 76.0 cm³/mol. The summed E-state index contributed by atoms with van der Waals surface area (Å²) in [7, 11) is -3.42. The van der Waals surface area contributed by atoms with Crippen molar-refractivity contribution in [2.75, 3.05) is 26.2 Å². The van der Waals surface area contributed by atoms with Crippen molar-refractivity contribution in [3.8, 4) is 0 Å². The minimum absolute atomic E-state index is 0. The number of halogens is 1. The van der Waals surface area contributed by atoms with Gasteiger partial charge in [0.1, 0.15) is 0 Å². The summed E-state index contributed by atoms with van der Waals surface area (Å²) >= 11 is 0. The fourth-order valence-electron chi connectivity index (χ4n) is 1.91. The smallest absolute Gasteiger partial charge is 0.243 e. The van der Waals surface area contributed by atoms with Gasteiger partial charge in [0, 0.05) is 19.6 Å². The highest BCUT2D eigenvalue weighted by Gasteiger charge is 2.29. The average Bonchev–Trinajstić information content (AvgIpc) is 2.39. The van der Waals surface area contributed by atoms with E-state index in [1.54, 1.807) is 24.3 Å². The van der Waals surface area contributed by atoms with E-state index in [-0.39, 0.29) is 18.5 Å². The highest BCUT2D eigenvalue weighted by atomic mass is 35.5. The molecule has 5 nitrogen and oxygen atoms in total. The normalized spacial score (nSPS) is 20.8. The van der Waals surface area contributed by atoms with Gasteiger partial charge in [-0.15, -0.1) is 12.4 Å². The molecule has 0 amide bonds. The van der Waals surface area contributed by atoms with Crippen LogP contribution in [0.3, 0.4) is 0 Å². The number of morpholine rings is 1. The van der Waals surface area contributed by atoms with E-state index in [9.17, 15) is 8.42 Å². The molecular formula is C12H19ClN2O3S. The van der Waals surface area contributed by atoms with E-state index < -0.39 is 10.0 Å². The summed E-state index contributed by atoms with van der Waals surface area (Å²) in [5, 5.41) is 0. The number of rotatable bonds is 3. The van der Waals surface area contributed by atoms with Crippen molar-refractivity contribution in [1.29, 1.82) is 0 Å². The van der Waals surface area contributed by atoms with Crippen LogP contribution in [0.15, 0.2) is 29.2 Å². The topological polar surface area (TPSA) is 72.6 Å². The maximum Gasteiger partial charge on any atom is 0.243 e. The SMILES string of the molecule is Cc1ccc(S(=O)(=O)N2CCOC(CN)C2)cc1.Cl. The minimum atomic E-state index is -3.42. The summed E-state index contributed by atoms with van der Waals surface area (Å²) in [5.41, 5.74) is 6.56. The molecule has 1 atom stereocenters. The van der Waals surface area contributed by atoms with Crippen LogP contribution in [-0.4, -0.2) is 45.1 Å². The van der Waals surface area contributed by atoms with Crippen molar-refractivity contribution in [3.05, 3.63) is 29.8 Å². The molecule has 1 fully saturated rings. The summed E-state index contributed by atoms with van der Waals surface area (Å²) in [6, 6.07) is 6.87. The molecule has 19 heavy (non-hydrogen) atoms. The van der Waals surface area contributed by atoms with Crippen molar-refractivity contribution in [2.45, 2.75) is 17.9 Å². The number of nitrogens with two attached hydrogens (primary N) is 1. The standard InChI is InChI=1S/C12H18N2O3S.ClH/c1-10-2-4-12(5-3-10)18(15,16)14-6-7-17-11(8-13)9-14;/h2-5,11H,6-9,13H2,1H3;1H. The van der Waals surface area contributed by atoms with Crippen molar-refractivity contribution >= 4 is 22.4 Å². The maximum atomic E-state index is 12.4. The average molecular weight is 307 g/mol. The van der Waals surface area contributed by atoms with Gasteiger partial charge in [-0.3, -0.25) is 0 Å². The Morgan fingerprint density at radius 1 is 1.37 bits per heavy atom. The van der Waals surface area contributed by atoms with E-state index >= 15 is 0 Å². The van der Waals surface area contributed by atoms with Crippen molar-refractivity contribution in [1.82, 2.24) is 4.31 Å². The van der Waals surface area contributed by atoms with E-state index in [1.807, 2.05) is 6.92 Å². The van der Waals surface area contributed by atoms with E-state index in [4.69, 9.17) is 10.5 Å². The molecule has 0 bridgehead atoms. The number of hydrogen-bond donors (Lipinski definition) is 1. The zero-order valence-electron chi connectivity index (χ0n) is 10.8. The Morgan fingerprint density at radius 3 is 2.58 bits per heavy atom. The fraction of sp³-hybridized carbons (Fsp3) is 0.500. The molecule has 0 radical (unpaired) electrons. The molecule has 1 aromatic carbocycles. The largest absolute Gasteiger partial charge is 0.374 e.